The van der Waals surface area contributed by atoms with Crippen molar-refractivity contribution in [1.29, 1.82) is 0 Å². The van der Waals surface area contributed by atoms with E-state index < -0.39 is 4.92 Å². The van der Waals surface area contributed by atoms with E-state index in [1.54, 1.807) is 0 Å². The second-order valence-electron chi connectivity index (χ2n) is 2.31. The Morgan fingerprint density at radius 3 is 3.00 bits per heavy atom. The molecule has 0 radical (unpaired) electrons. The molecule has 0 spiro atoms. The maximum Gasteiger partial charge on any atom is 0.345 e. The molecule has 0 N–H and O–H groups in total. The lowest BCUT2D eigenvalue weighted by Crippen LogP contribution is -2.03. The van der Waals surface area contributed by atoms with Gasteiger partial charge in [0, 0.05) is 0 Å². The summed E-state index contributed by atoms with van der Waals surface area (Å²) in [5.41, 5.74) is 0. The van der Waals surface area contributed by atoms with Crippen LogP contribution in [0.15, 0.2) is 6.07 Å². The van der Waals surface area contributed by atoms with Gasteiger partial charge in [-0.1, -0.05) is 12.0 Å². The number of hydrogen-bond acceptors (Lipinski definition) is 3. The second-order valence-corrected chi connectivity index (χ2v) is 3.41. The normalized spacial score (nSPS) is 10.2. The minimum atomic E-state index is -0.412. The lowest BCUT2D eigenvalue weighted by Gasteiger charge is -1.95. The third-order valence-corrected chi connectivity index (χ3v) is 1.88. The molecule has 0 aliphatic rings. The summed E-state index contributed by atoms with van der Waals surface area (Å²) in [4.78, 5) is 10.0. The molecule has 0 aliphatic heterocycles. The van der Waals surface area contributed by atoms with Crippen molar-refractivity contribution in [2.75, 3.05) is 0 Å². The van der Waals surface area contributed by atoms with Gasteiger partial charge in [0.1, 0.15) is 6.54 Å². The van der Waals surface area contributed by atoms with E-state index in [9.17, 15) is 10.1 Å². The van der Waals surface area contributed by atoms with Crippen LogP contribution >= 0.6 is 22.6 Å². The van der Waals surface area contributed by atoms with Crippen molar-refractivity contribution < 1.29 is 4.92 Å². The van der Waals surface area contributed by atoms with Gasteiger partial charge in [-0.2, -0.15) is 0 Å². The molecule has 1 aromatic heterocycles. The molecule has 0 aromatic carbocycles. The SMILES string of the molecule is CCCn1nc(I)cc1[N+](=O)[O-]. The highest BCUT2D eigenvalue weighted by atomic mass is 127. The first-order valence-corrected chi connectivity index (χ1v) is 4.60. The molecule has 0 bridgehead atoms. The van der Waals surface area contributed by atoms with Crippen LogP contribution in [0.5, 0.6) is 0 Å². The summed E-state index contributed by atoms with van der Waals surface area (Å²) in [5.74, 6) is 0.0706. The van der Waals surface area contributed by atoms with Gasteiger partial charge in [0.2, 0.25) is 0 Å². The molecule has 5 nitrogen and oxygen atoms in total. The maximum atomic E-state index is 10.5. The molecule has 6 heteroatoms. The van der Waals surface area contributed by atoms with Gasteiger partial charge in [-0.25, -0.2) is 0 Å². The van der Waals surface area contributed by atoms with Crippen LogP contribution in [0.3, 0.4) is 0 Å². The molecule has 0 aliphatic carbocycles. The van der Waals surface area contributed by atoms with Gasteiger partial charge in [-0.15, -0.1) is 4.68 Å². The number of rotatable bonds is 3. The molecule has 1 rings (SSSR count). The number of aryl methyl sites for hydroxylation is 1. The fraction of sp³-hybridized carbons (Fsp3) is 0.500. The fourth-order valence-corrected chi connectivity index (χ4v) is 1.44. The van der Waals surface area contributed by atoms with Crippen LogP contribution in [-0.4, -0.2) is 14.7 Å². The van der Waals surface area contributed by atoms with E-state index in [1.807, 2.05) is 29.5 Å². The zero-order chi connectivity index (χ0) is 9.14. The highest BCUT2D eigenvalue weighted by Gasteiger charge is 2.15. The Kier molecular flexibility index (Phi) is 3.01. The first-order valence-electron chi connectivity index (χ1n) is 3.53. The molecule has 1 heterocycles. The number of nitrogens with zero attached hydrogens (tertiary/aromatic N) is 3. The molecule has 0 saturated heterocycles. The number of hydrogen-bond donors (Lipinski definition) is 0. The number of halogens is 1. The van der Waals surface area contributed by atoms with Crippen LogP contribution in [0.4, 0.5) is 5.82 Å². The Labute approximate surface area is 83.0 Å². The van der Waals surface area contributed by atoms with Crippen molar-refractivity contribution in [3.05, 3.63) is 19.9 Å². The van der Waals surface area contributed by atoms with Crippen molar-refractivity contribution in [3.8, 4) is 0 Å². The lowest BCUT2D eigenvalue weighted by molar-refractivity contribution is -0.392. The van der Waals surface area contributed by atoms with Gasteiger partial charge in [-0.05, 0) is 33.9 Å². The predicted molar refractivity (Wildman–Crippen MR) is 51.9 cm³/mol. The summed E-state index contributed by atoms with van der Waals surface area (Å²) >= 11 is 1.96. The van der Waals surface area contributed by atoms with Crippen molar-refractivity contribution >= 4 is 28.4 Å². The van der Waals surface area contributed by atoms with Crippen molar-refractivity contribution in [2.24, 2.45) is 0 Å². The van der Waals surface area contributed by atoms with Crippen molar-refractivity contribution in [1.82, 2.24) is 9.78 Å². The van der Waals surface area contributed by atoms with Gasteiger partial charge in [-0.3, -0.25) is 0 Å². The Bertz CT molecular complexity index is 297. The van der Waals surface area contributed by atoms with E-state index >= 15 is 0 Å². The first-order chi connectivity index (χ1) is 5.65. The van der Waals surface area contributed by atoms with Crippen LogP contribution in [0.25, 0.3) is 0 Å². The molecule has 0 amide bonds. The quantitative estimate of drug-likeness (QED) is 0.482. The van der Waals surface area contributed by atoms with Crippen molar-refractivity contribution in [3.63, 3.8) is 0 Å². The maximum absolute atomic E-state index is 10.5. The van der Waals surface area contributed by atoms with Gasteiger partial charge in [0.05, 0.1) is 6.07 Å². The minimum Gasteiger partial charge on any atom is -0.358 e. The third kappa shape index (κ3) is 1.93. The number of aromatic nitrogens is 2. The van der Waals surface area contributed by atoms with E-state index in [4.69, 9.17) is 0 Å². The molecule has 0 fully saturated rings. The first kappa shape index (κ1) is 9.43. The Hall–Kier alpha value is -0.660. The zero-order valence-electron chi connectivity index (χ0n) is 6.53. The summed E-state index contributed by atoms with van der Waals surface area (Å²) in [6, 6.07) is 1.47. The smallest absolute Gasteiger partial charge is 0.345 e. The summed E-state index contributed by atoms with van der Waals surface area (Å²) in [6.07, 6.45) is 0.846. The fourth-order valence-electron chi connectivity index (χ4n) is 0.900. The average Bonchev–Trinajstić information content (AvgIpc) is 2.32. The lowest BCUT2D eigenvalue weighted by atomic mass is 10.5. The molecular weight excluding hydrogens is 273 g/mol. The number of nitro groups is 1. The topological polar surface area (TPSA) is 61.0 Å². The van der Waals surface area contributed by atoms with Crippen LogP contribution < -0.4 is 0 Å². The highest BCUT2D eigenvalue weighted by molar-refractivity contribution is 14.1. The van der Waals surface area contributed by atoms with Crippen LogP contribution in [0.2, 0.25) is 0 Å². The van der Waals surface area contributed by atoms with Crippen molar-refractivity contribution in [2.45, 2.75) is 19.9 Å². The molecule has 12 heavy (non-hydrogen) atoms. The predicted octanol–water partition coefficient (Wildman–Crippen LogP) is 1.81. The van der Waals surface area contributed by atoms with Crippen LogP contribution in [-0.2, 0) is 6.54 Å². The molecular formula is C6H8IN3O2. The summed E-state index contributed by atoms with van der Waals surface area (Å²) in [7, 11) is 0. The molecule has 1 aromatic rings. The largest absolute Gasteiger partial charge is 0.358 e. The van der Waals surface area contributed by atoms with E-state index in [-0.39, 0.29) is 5.82 Å². The molecule has 0 atom stereocenters. The van der Waals surface area contributed by atoms with E-state index in [1.165, 1.54) is 10.7 Å². The van der Waals surface area contributed by atoms with Gasteiger partial charge in [0.25, 0.3) is 0 Å². The summed E-state index contributed by atoms with van der Waals surface area (Å²) < 4.78 is 2.08. The van der Waals surface area contributed by atoms with E-state index in [2.05, 4.69) is 5.10 Å². The monoisotopic (exact) mass is 281 g/mol. The Morgan fingerprint density at radius 1 is 1.83 bits per heavy atom. The van der Waals surface area contributed by atoms with E-state index in [0.29, 0.717) is 10.2 Å². The van der Waals surface area contributed by atoms with Gasteiger partial charge < -0.3 is 10.1 Å². The van der Waals surface area contributed by atoms with Crippen LogP contribution in [0.1, 0.15) is 13.3 Å². The van der Waals surface area contributed by atoms with Crippen LogP contribution in [0, 0.1) is 13.8 Å². The Balaban J connectivity index is 2.99. The zero-order valence-corrected chi connectivity index (χ0v) is 8.69. The Morgan fingerprint density at radius 2 is 2.50 bits per heavy atom. The third-order valence-electron chi connectivity index (χ3n) is 1.35. The average molecular weight is 281 g/mol. The van der Waals surface area contributed by atoms with E-state index in [0.717, 1.165) is 6.42 Å². The summed E-state index contributed by atoms with van der Waals surface area (Å²) in [6.45, 7) is 2.55. The minimum absolute atomic E-state index is 0.0706. The summed E-state index contributed by atoms with van der Waals surface area (Å²) in [5, 5.41) is 14.4. The second kappa shape index (κ2) is 3.83. The van der Waals surface area contributed by atoms with Gasteiger partial charge >= 0.3 is 5.82 Å². The standard InChI is InChI=1S/C6H8IN3O2/c1-2-3-9-6(10(11)12)4-5(7)8-9/h4H,2-3H2,1H3. The molecule has 0 saturated carbocycles. The molecule has 0 unspecified atom stereocenters. The highest BCUT2D eigenvalue weighted by Crippen LogP contribution is 2.14. The van der Waals surface area contributed by atoms with Gasteiger partial charge in [0.15, 0.2) is 3.70 Å². The molecule has 66 valence electrons.